The summed E-state index contributed by atoms with van der Waals surface area (Å²) in [6.45, 7) is 0. The number of aromatic nitrogens is 1. The Balaban J connectivity index is 2.80. The summed E-state index contributed by atoms with van der Waals surface area (Å²) in [6.07, 6.45) is 0. The van der Waals surface area contributed by atoms with E-state index >= 15 is 0 Å². The minimum Gasteiger partial charge on any atom is -0.475 e. The lowest BCUT2D eigenvalue weighted by Crippen LogP contribution is -1.93. The number of rotatable bonds is 1. The van der Waals surface area contributed by atoms with Gasteiger partial charge in [0, 0.05) is 0 Å². The fourth-order valence-corrected chi connectivity index (χ4v) is 1.41. The molecule has 0 bridgehead atoms. The summed E-state index contributed by atoms with van der Waals surface area (Å²) in [5.74, 6) is -1.43. The second-order valence-corrected chi connectivity index (χ2v) is 3.41. The molecule has 0 aliphatic rings. The number of nitrogens with zero attached hydrogens (tertiary/aromatic N) is 1. The molecule has 1 heterocycles. The largest absolute Gasteiger partial charge is 0.475 e. The molecule has 0 spiro atoms. The molecule has 14 heavy (non-hydrogen) atoms. The van der Waals surface area contributed by atoms with Crippen molar-refractivity contribution < 1.29 is 14.4 Å². The molecule has 1 aromatic carbocycles. The third-order valence-corrected chi connectivity index (χ3v) is 2.43. The Morgan fingerprint density at radius 2 is 2.00 bits per heavy atom. The molecule has 6 heteroatoms. The summed E-state index contributed by atoms with van der Waals surface area (Å²) in [5.41, 5.74) is 0.372. The molecule has 0 saturated carbocycles. The third-order valence-electron chi connectivity index (χ3n) is 1.71. The van der Waals surface area contributed by atoms with Gasteiger partial charge in [-0.3, -0.25) is 0 Å². The first-order chi connectivity index (χ1) is 6.59. The van der Waals surface area contributed by atoms with Crippen LogP contribution in [0.2, 0.25) is 10.0 Å². The predicted octanol–water partition coefficient (Wildman–Crippen LogP) is 2.83. The van der Waals surface area contributed by atoms with Crippen LogP contribution >= 0.6 is 23.2 Å². The number of carboxylic acids is 1. The maximum atomic E-state index is 10.7. The summed E-state index contributed by atoms with van der Waals surface area (Å²) in [4.78, 5) is 10.7. The number of hydrogen-bond acceptors (Lipinski definition) is 3. The molecule has 0 aliphatic carbocycles. The Morgan fingerprint density at radius 3 is 2.64 bits per heavy atom. The maximum absolute atomic E-state index is 10.7. The Bertz CT molecular complexity index is 521. The van der Waals surface area contributed by atoms with Crippen LogP contribution in [-0.2, 0) is 0 Å². The number of halogens is 2. The monoisotopic (exact) mass is 231 g/mol. The van der Waals surface area contributed by atoms with Crippen molar-refractivity contribution in [2.75, 3.05) is 0 Å². The summed E-state index contributed by atoms with van der Waals surface area (Å²) in [5, 5.41) is 13.2. The lowest BCUT2D eigenvalue weighted by molar-refractivity contribution is 0.0655. The van der Waals surface area contributed by atoms with E-state index in [0.29, 0.717) is 15.9 Å². The molecular formula is C8H3Cl2NO3. The van der Waals surface area contributed by atoms with E-state index in [1.54, 1.807) is 0 Å². The molecule has 2 aromatic rings. The van der Waals surface area contributed by atoms with E-state index in [1.165, 1.54) is 12.1 Å². The van der Waals surface area contributed by atoms with Crippen molar-refractivity contribution in [3.05, 3.63) is 27.9 Å². The van der Waals surface area contributed by atoms with E-state index in [0.717, 1.165) is 0 Å². The quantitative estimate of drug-likeness (QED) is 0.820. The van der Waals surface area contributed by atoms with E-state index in [9.17, 15) is 4.79 Å². The summed E-state index contributed by atoms with van der Waals surface area (Å²) < 4.78 is 4.62. The third kappa shape index (κ3) is 1.32. The number of carboxylic acid groups (broad SMARTS) is 1. The molecule has 1 aromatic heterocycles. The predicted molar refractivity (Wildman–Crippen MR) is 51.0 cm³/mol. The van der Waals surface area contributed by atoms with Gasteiger partial charge in [-0.05, 0) is 12.1 Å². The normalized spacial score (nSPS) is 10.7. The molecule has 1 N–H and O–H groups in total. The lowest BCUT2D eigenvalue weighted by Gasteiger charge is -1.93. The second kappa shape index (κ2) is 3.15. The van der Waals surface area contributed by atoms with Crippen LogP contribution in [0, 0.1) is 0 Å². The zero-order valence-corrected chi connectivity index (χ0v) is 8.13. The highest BCUT2D eigenvalue weighted by Crippen LogP contribution is 2.29. The van der Waals surface area contributed by atoms with Gasteiger partial charge in [0.05, 0.1) is 15.4 Å². The minimum absolute atomic E-state index is 0.237. The van der Waals surface area contributed by atoms with Gasteiger partial charge in [-0.2, -0.15) is 0 Å². The van der Waals surface area contributed by atoms with E-state index < -0.39 is 5.97 Å². The van der Waals surface area contributed by atoms with Crippen molar-refractivity contribution >= 4 is 40.1 Å². The number of fused-ring (bicyclic) bond motifs is 1. The van der Waals surface area contributed by atoms with Gasteiger partial charge in [-0.15, -0.1) is 0 Å². The van der Waals surface area contributed by atoms with E-state index in [4.69, 9.17) is 28.3 Å². The van der Waals surface area contributed by atoms with Crippen molar-refractivity contribution in [2.24, 2.45) is 0 Å². The average Bonchev–Trinajstić information content (AvgIpc) is 2.48. The first-order valence-corrected chi connectivity index (χ1v) is 4.33. The minimum atomic E-state index is -1.19. The molecule has 2 rings (SSSR count). The molecular weight excluding hydrogens is 229 g/mol. The number of hydrogen-bond donors (Lipinski definition) is 1. The molecule has 4 nitrogen and oxygen atoms in total. The second-order valence-electron chi connectivity index (χ2n) is 2.60. The fourth-order valence-electron chi connectivity index (χ4n) is 1.09. The summed E-state index contributed by atoms with van der Waals surface area (Å²) >= 11 is 11.4. The van der Waals surface area contributed by atoms with Crippen molar-refractivity contribution in [1.29, 1.82) is 0 Å². The van der Waals surface area contributed by atoms with Gasteiger partial charge in [0.2, 0.25) is 0 Å². The van der Waals surface area contributed by atoms with Crippen LogP contribution in [0.5, 0.6) is 0 Å². The average molecular weight is 232 g/mol. The lowest BCUT2D eigenvalue weighted by atomic mass is 10.2. The van der Waals surface area contributed by atoms with Gasteiger partial charge in [0.15, 0.2) is 0 Å². The number of carbonyl (C=O) groups is 1. The van der Waals surface area contributed by atoms with E-state index in [1.807, 2.05) is 0 Å². The van der Waals surface area contributed by atoms with Crippen LogP contribution in [0.4, 0.5) is 0 Å². The molecule has 0 fully saturated rings. The molecule has 72 valence electrons. The maximum Gasteiger partial charge on any atom is 0.375 e. The van der Waals surface area contributed by atoms with Crippen LogP contribution in [0.1, 0.15) is 10.6 Å². The Labute approximate surface area is 88.0 Å². The molecule has 0 radical (unpaired) electrons. The first-order valence-electron chi connectivity index (χ1n) is 3.57. The van der Waals surface area contributed by atoms with Gasteiger partial charge in [-0.1, -0.05) is 28.4 Å². The van der Waals surface area contributed by atoms with Gasteiger partial charge in [0.25, 0.3) is 5.76 Å². The van der Waals surface area contributed by atoms with Crippen molar-refractivity contribution in [1.82, 2.24) is 5.16 Å². The summed E-state index contributed by atoms with van der Waals surface area (Å²) in [6, 6.07) is 2.87. The van der Waals surface area contributed by atoms with Gasteiger partial charge in [0.1, 0.15) is 5.52 Å². The van der Waals surface area contributed by atoms with Crippen molar-refractivity contribution in [2.45, 2.75) is 0 Å². The van der Waals surface area contributed by atoms with Crippen LogP contribution < -0.4 is 0 Å². The Morgan fingerprint density at radius 1 is 1.36 bits per heavy atom. The highest BCUT2D eigenvalue weighted by atomic mass is 35.5. The zero-order chi connectivity index (χ0) is 10.3. The summed E-state index contributed by atoms with van der Waals surface area (Å²) in [7, 11) is 0. The van der Waals surface area contributed by atoms with Crippen molar-refractivity contribution in [3.8, 4) is 0 Å². The SMILES string of the molecule is O=C(O)c1onc2cc(Cl)c(Cl)cc12. The topological polar surface area (TPSA) is 63.3 Å². The Kier molecular flexibility index (Phi) is 2.09. The van der Waals surface area contributed by atoms with E-state index in [-0.39, 0.29) is 10.8 Å². The fraction of sp³-hybridized carbons (Fsp3) is 0. The highest BCUT2D eigenvalue weighted by molar-refractivity contribution is 6.42. The smallest absolute Gasteiger partial charge is 0.375 e. The zero-order valence-electron chi connectivity index (χ0n) is 6.62. The molecule has 0 aliphatic heterocycles. The van der Waals surface area contributed by atoms with Gasteiger partial charge < -0.3 is 9.63 Å². The van der Waals surface area contributed by atoms with Crippen molar-refractivity contribution in [3.63, 3.8) is 0 Å². The van der Waals surface area contributed by atoms with Crippen LogP contribution in [0.25, 0.3) is 10.9 Å². The molecule has 0 unspecified atom stereocenters. The highest BCUT2D eigenvalue weighted by Gasteiger charge is 2.16. The van der Waals surface area contributed by atoms with Crippen LogP contribution in [0.3, 0.4) is 0 Å². The number of benzene rings is 1. The molecule has 0 saturated heterocycles. The molecule has 0 atom stereocenters. The van der Waals surface area contributed by atoms with E-state index in [2.05, 4.69) is 9.68 Å². The Hall–Kier alpha value is -1.26. The number of aromatic carboxylic acids is 1. The molecule has 0 amide bonds. The van der Waals surface area contributed by atoms with Crippen LogP contribution in [0.15, 0.2) is 16.7 Å². The first kappa shape index (κ1) is 9.30. The van der Waals surface area contributed by atoms with Gasteiger partial charge in [-0.25, -0.2) is 4.79 Å². The standard InChI is InChI=1S/C8H3Cl2NO3/c9-4-1-3-6(2-5(4)10)11-14-7(3)8(12)13/h1-2H,(H,12,13). The van der Waals surface area contributed by atoms with Gasteiger partial charge >= 0.3 is 5.97 Å². The van der Waals surface area contributed by atoms with Crippen LogP contribution in [-0.4, -0.2) is 16.2 Å².